The van der Waals surface area contributed by atoms with Crippen molar-refractivity contribution in [3.05, 3.63) is 100 Å². The van der Waals surface area contributed by atoms with E-state index in [4.69, 9.17) is 11.6 Å². The van der Waals surface area contributed by atoms with Crippen molar-refractivity contribution in [2.75, 3.05) is 17.1 Å². The molecule has 0 heterocycles. The van der Waals surface area contributed by atoms with Gasteiger partial charge < -0.3 is 10.2 Å². The highest BCUT2D eigenvalue weighted by atomic mass is 35.5. The van der Waals surface area contributed by atoms with E-state index in [0.29, 0.717) is 23.6 Å². The summed E-state index contributed by atoms with van der Waals surface area (Å²) in [6.07, 6.45) is 5.92. The number of amides is 2. The number of nitrogens with one attached hydrogen (secondary N) is 1. The van der Waals surface area contributed by atoms with Gasteiger partial charge in [-0.05, 0) is 67.5 Å². The molecule has 1 aliphatic carbocycles. The Bertz CT molecular complexity index is 1510. The number of rotatable bonds is 13. The summed E-state index contributed by atoms with van der Waals surface area (Å²) >= 11 is 6.53. The summed E-state index contributed by atoms with van der Waals surface area (Å²) in [5.41, 5.74) is 4.10. The van der Waals surface area contributed by atoms with Gasteiger partial charge >= 0.3 is 0 Å². The van der Waals surface area contributed by atoms with Gasteiger partial charge in [0.15, 0.2) is 0 Å². The highest BCUT2D eigenvalue weighted by Crippen LogP contribution is 2.26. The molecule has 7 nitrogen and oxygen atoms in total. The van der Waals surface area contributed by atoms with Crippen LogP contribution in [0.25, 0.3) is 0 Å². The van der Waals surface area contributed by atoms with E-state index in [1.165, 1.54) is 10.6 Å². The zero-order valence-electron chi connectivity index (χ0n) is 25.3. The number of carbonyl (C=O) groups excluding carboxylic acids is 2. The third kappa shape index (κ3) is 9.07. The van der Waals surface area contributed by atoms with Crippen molar-refractivity contribution in [3.8, 4) is 0 Å². The van der Waals surface area contributed by atoms with Crippen LogP contribution in [0.2, 0.25) is 5.02 Å². The van der Waals surface area contributed by atoms with E-state index in [2.05, 4.69) is 5.32 Å². The first-order valence-electron chi connectivity index (χ1n) is 14.9. The third-order valence-electron chi connectivity index (χ3n) is 8.06. The maximum Gasteiger partial charge on any atom is 0.243 e. The van der Waals surface area contributed by atoms with Crippen LogP contribution < -0.4 is 9.62 Å². The average Bonchev–Trinajstić information content (AvgIpc) is 3.48. The topological polar surface area (TPSA) is 86.8 Å². The first-order valence-corrected chi connectivity index (χ1v) is 17.2. The molecule has 1 unspecified atom stereocenters. The quantitative estimate of drug-likeness (QED) is 0.246. The minimum atomic E-state index is -3.59. The molecule has 2 amide bonds. The van der Waals surface area contributed by atoms with Crippen molar-refractivity contribution in [1.29, 1.82) is 0 Å². The predicted octanol–water partition coefficient (Wildman–Crippen LogP) is 6.20. The van der Waals surface area contributed by atoms with Crippen molar-refractivity contribution in [2.45, 2.75) is 77.4 Å². The molecule has 9 heteroatoms. The van der Waals surface area contributed by atoms with E-state index in [9.17, 15) is 18.0 Å². The van der Waals surface area contributed by atoms with Crippen LogP contribution in [0.3, 0.4) is 0 Å². The lowest BCUT2D eigenvalue weighted by Gasteiger charge is -2.33. The molecule has 0 radical (unpaired) electrons. The van der Waals surface area contributed by atoms with Crippen LogP contribution in [0, 0.1) is 13.8 Å². The fourth-order valence-electron chi connectivity index (χ4n) is 5.70. The molecule has 3 aromatic carbocycles. The summed E-state index contributed by atoms with van der Waals surface area (Å²) in [4.78, 5) is 29.5. The van der Waals surface area contributed by atoms with E-state index in [1.54, 1.807) is 11.0 Å². The van der Waals surface area contributed by atoms with Gasteiger partial charge in [0.2, 0.25) is 21.8 Å². The molecule has 0 saturated heterocycles. The van der Waals surface area contributed by atoms with Crippen LogP contribution in [0.4, 0.5) is 5.69 Å². The van der Waals surface area contributed by atoms with Gasteiger partial charge in [-0.1, -0.05) is 85.1 Å². The molecule has 0 bridgehead atoms. The number of hydrogen-bond donors (Lipinski definition) is 1. The number of benzene rings is 3. The van der Waals surface area contributed by atoms with Gasteiger partial charge in [-0.2, -0.15) is 0 Å². The van der Waals surface area contributed by atoms with Gasteiger partial charge in [0.25, 0.3) is 0 Å². The predicted molar refractivity (Wildman–Crippen MR) is 174 cm³/mol. The lowest BCUT2D eigenvalue weighted by Crippen LogP contribution is -2.52. The summed E-state index contributed by atoms with van der Waals surface area (Å²) in [6.45, 7) is 4.11. The number of sulfonamides is 1. The second-order valence-corrected chi connectivity index (χ2v) is 13.9. The zero-order valence-corrected chi connectivity index (χ0v) is 26.8. The number of aryl methyl sites for hydroxylation is 2. The fraction of sp³-hybridized carbons (Fsp3) is 0.412. The maximum atomic E-state index is 14.1. The van der Waals surface area contributed by atoms with Gasteiger partial charge in [-0.15, -0.1) is 0 Å². The molecule has 43 heavy (non-hydrogen) atoms. The Balaban J connectivity index is 1.61. The molecular formula is C34H42ClN3O4S. The first-order chi connectivity index (χ1) is 20.5. The number of anilines is 1. The molecule has 1 atom stereocenters. The Morgan fingerprint density at radius 1 is 0.977 bits per heavy atom. The van der Waals surface area contributed by atoms with Crippen LogP contribution in [0.15, 0.2) is 72.8 Å². The number of nitrogens with zero attached hydrogens (tertiary/aromatic N) is 2. The van der Waals surface area contributed by atoms with Crippen molar-refractivity contribution in [1.82, 2.24) is 10.2 Å². The zero-order chi connectivity index (χ0) is 31.0. The molecule has 1 fully saturated rings. The average molecular weight is 624 g/mol. The summed E-state index contributed by atoms with van der Waals surface area (Å²) < 4.78 is 27.0. The molecule has 1 N–H and O–H groups in total. The van der Waals surface area contributed by atoms with E-state index in [0.717, 1.165) is 47.9 Å². The summed E-state index contributed by atoms with van der Waals surface area (Å²) in [7, 11) is -3.59. The van der Waals surface area contributed by atoms with Gasteiger partial charge in [0.05, 0.1) is 11.9 Å². The van der Waals surface area contributed by atoms with E-state index in [1.807, 2.05) is 80.6 Å². The van der Waals surface area contributed by atoms with Crippen molar-refractivity contribution in [3.63, 3.8) is 0 Å². The minimum Gasteiger partial charge on any atom is -0.352 e. The fourth-order valence-corrected chi connectivity index (χ4v) is 6.91. The Labute approximate surface area is 261 Å². The largest absolute Gasteiger partial charge is 0.352 e. The third-order valence-corrected chi connectivity index (χ3v) is 9.61. The second-order valence-electron chi connectivity index (χ2n) is 11.5. The Morgan fingerprint density at radius 3 is 2.33 bits per heavy atom. The second kappa shape index (κ2) is 14.9. The van der Waals surface area contributed by atoms with E-state index < -0.39 is 16.1 Å². The maximum absolute atomic E-state index is 14.1. The highest BCUT2D eigenvalue weighted by molar-refractivity contribution is 7.92. The normalized spacial score (nSPS) is 14.3. The minimum absolute atomic E-state index is 0.0728. The van der Waals surface area contributed by atoms with Crippen LogP contribution in [-0.4, -0.2) is 50.0 Å². The number of halogens is 1. The van der Waals surface area contributed by atoms with Crippen molar-refractivity contribution >= 4 is 39.1 Å². The van der Waals surface area contributed by atoms with Gasteiger partial charge in [-0.25, -0.2) is 8.42 Å². The van der Waals surface area contributed by atoms with E-state index in [-0.39, 0.29) is 37.4 Å². The smallest absolute Gasteiger partial charge is 0.243 e. The van der Waals surface area contributed by atoms with Crippen LogP contribution >= 0.6 is 11.6 Å². The molecule has 0 aliphatic heterocycles. The molecular weight excluding hydrogens is 582 g/mol. The molecule has 0 aromatic heterocycles. The lowest BCUT2D eigenvalue weighted by atomic mass is 10.0. The van der Waals surface area contributed by atoms with Gasteiger partial charge in [-0.3, -0.25) is 13.9 Å². The van der Waals surface area contributed by atoms with Crippen molar-refractivity contribution < 1.29 is 18.0 Å². The number of hydrogen-bond acceptors (Lipinski definition) is 4. The monoisotopic (exact) mass is 623 g/mol. The number of carbonyl (C=O) groups is 2. The molecule has 3 aromatic rings. The Kier molecular flexibility index (Phi) is 11.3. The standard InChI is InChI=1S/C34H42ClN3O4S/c1-25-19-20-26(2)31(22-25)38(43(3,41)42)21-11-18-33(39)37(24-28-14-7-10-17-30(28)35)32(23-27-12-5-4-6-13-27)34(40)36-29-15-8-9-16-29/h4-7,10,12-14,17,19-20,22,29,32H,8-9,11,15-16,18,21,23-24H2,1-3H3,(H,36,40). The summed E-state index contributed by atoms with van der Waals surface area (Å²) in [5, 5.41) is 3.73. The van der Waals surface area contributed by atoms with Crippen molar-refractivity contribution in [2.24, 2.45) is 0 Å². The van der Waals surface area contributed by atoms with Crippen LogP contribution in [0.1, 0.15) is 60.8 Å². The lowest BCUT2D eigenvalue weighted by molar-refractivity contribution is -0.141. The molecule has 230 valence electrons. The van der Waals surface area contributed by atoms with Crippen LogP contribution in [0.5, 0.6) is 0 Å². The Morgan fingerprint density at radius 2 is 1.65 bits per heavy atom. The van der Waals surface area contributed by atoms with Gasteiger partial charge in [0, 0.05) is 37.0 Å². The van der Waals surface area contributed by atoms with Crippen LogP contribution in [-0.2, 0) is 32.6 Å². The molecule has 4 rings (SSSR count). The summed E-state index contributed by atoms with van der Waals surface area (Å²) in [6, 6.07) is 22.1. The SMILES string of the molecule is Cc1ccc(C)c(N(CCCC(=O)N(Cc2ccccc2Cl)C(Cc2ccccc2)C(=O)NC2CCCC2)S(C)(=O)=O)c1. The first kappa shape index (κ1) is 32.6. The highest BCUT2D eigenvalue weighted by Gasteiger charge is 2.32. The van der Waals surface area contributed by atoms with E-state index >= 15 is 0 Å². The van der Waals surface area contributed by atoms with Gasteiger partial charge in [0.1, 0.15) is 6.04 Å². The Hall–Kier alpha value is -3.36. The molecule has 1 saturated carbocycles. The summed E-state index contributed by atoms with van der Waals surface area (Å²) in [5.74, 6) is -0.402. The molecule has 0 spiro atoms. The molecule has 1 aliphatic rings.